The number of hydrogen-bond acceptors (Lipinski definition) is 4. The van der Waals surface area contributed by atoms with Crippen LogP contribution in [-0.2, 0) is 7.05 Å². The molecule has 0 amide bonds. The summed E-state index contributed by atoms with van der Waals surface area (Å²) in [7, 11) is 2.11. The molecule has 0 unspecified atom stereocenters. The van der Waals surface area contributed by atoms with E-state index in [9.17, 15) is 0 Å². The molecule has 34 heavy (non-hydrogen) atoms. The van der Waals surface area contributed by atoms with E-state index in [0.717, 1.165) is 81.4 Å². The van der Waals surface area contributed by atoms with Gasteiger partial charge in [0.1, 0.15) is 11.5 Å². The fourth-order valence-electron chi connectivity index (χ4n) is 5.34. The van der Waals surface area contributed by atoms with Crippen molar-refractivity contribution in [3.8, 4) is 22.4 Å². The zero-order chi connectivity index (χ0) is 23.2. The zero-order valence-electron chi connectivity index (χ0n) is 19.3. The Kier molecular flexibility index (Phi) is 5.62. The Hall–Kier alpha value is -2.76. The molecule has 2 saturated heterocycles. The molecule has 6 rings (SSSR count). The third-order valence-corrected chi connectivity index (χ3v) is 7.55. The van der Waals surface area contributed by atoms with Crippen molar-refractivity contribution in [2.75, 3.05) is 36.0 Å². The van der Waals surface area contributed by atoms with Gasteiger partial charge >= 0.3 is 0 Å². The largest absolute Gasteiger partial charge is 0.356 e. The summed E-state index contributed by atoms with van der Waals surface area (Å²) in [6, 6.07) is 16.2. The highest BCUT2D eigenvalue weighted by Crippen LogP contribution is 2.45. The van der Waals surface area contributed by atoms with Gasteiger partial charge in [0, 0.05) is 48.8 Å². The summed E-state index contributed by atoms with van der Waals surface area (Å²) < 4.78 is 2.23. The summed E-state index contributed by atoms with van der Waals surface area (Å²) in [5.41, 5.74) is 5.44. The molecule has 7 heteroatoms. The maximum atomic E-state index is 6.27. The SMILES string of the molecule is Cn1c(-c2ccc(Cl)cc2)c(-c2ccc(Cl)cc2)c2c(N3CCCC3)nc(N3CCCC3)nc21. The van der Waals surface area contributed by atoms with Crippen LogP contribution in [0.3, 0.4) is 0 Å². The van der Waals surface area contributed by atoms with E-state index in [1.54, 1.807) is 0 Å². The van der Waals surface area contributed by atoms with E-state index in [2.05, 4.69) is 45.7 Å². The smallest absolute Gasteiger partial charge is 0.229 e. The molecule has 0 bridgehead atoms. The van der Waals surface area contributed by atoms with Crippen LogP contribution in [-0.4, -0.2) is 40.7 Å². The monoisotopic (exact) mass is 491 g/mol. The maximum Gasteiger partial charge on any atom is 0.229 e. The Bertz CT molecular complexity index is 1330. The van der Waals surface area contributed by atoms with E-state index in [0.29, 0.717) is 0 Å². The molecule has 0 atom stereocenters. The zero-order valence-corrected chi connectivity index (χ0v) is 20.8. The average molecular weight is 492 g/mol. The normalized spacial score (nSPS) is 16.2. The van der Waals surface area contributed by atoms with E-state index in [-0.39, 0.29) is 0 Å². The first-order valence-corrected chi connectivity index (χ1v) is 12.8. The molecule has 5 nitrogen and oxygen atoms in total. The second kappa shape index (κ2) is 8.79. The van der Waals surface area contributed by atoms with Gasteiger partial charge in [0.15, 0.2) is 0 Å². The van der Waals surface area contributed by atoms with Crippen LogP contribution >= 0.6 is 23.2 Å². The third-order valence-electron chi connectivity index (χ3n) is 7.04. The fraction of sp³-hybridized carbons (Fsp3) is 0.333. The van der Waals surface area contributed by atoms with Gasteiger partial charge in [-0.3, -0.25) is 0 Å². The predicted octanol–water partition coefficient (Wildman–Crippen LogP) is 6.81. The number of hydrogen-bond donors (Lipinski definition) is 0. The molecule has 174 valence electrons. The second-order valence-corrected chi connectivity index (χ2v) is 10.1. The first-order chi connectivity index (χ1) is 16.6. The molecule has 0 spiro atoms. The van der Waals surface area contributed by atoms with Crippen molar-refractivity contribution in [2.45, 2.75) is 25.7 Å². The maximum absolute atomic E-state index is 6.27. The first kappa shape index (κ1) is 21.8. The highest BCUT2D eigenvalue weighted by Gasteiger charge is 2.28. The highest BCUT2D eigenvalue weighted by atomic mass is 35.5. The van der Waals surface area contributed by atoms with Crippen LogP contribution in [0.2, 0.25) is 10.0 Å². The van der Waals surface area contributed by atoms with Crippen molar-refractivity contribution < 1.29 is 0 Å². The van der Waals surface area contributed by atoms with E-state index >= 15 is 0 Å². The van der Waals surface area contributed by atoms with Gasteiger partial charge in [-0.15, -0.1) is 0 Å². The number of rotatable bonds is 4. The molecule has 2 aromatic carbocycles. The minimum atomic E-state index is 0.726. The Morgan fingerprint density at radius 1 is 0.676 bits per heavy atom. The van der Waals surface area contributed by atoms with Crippen molar-refractivity contribution in [1.29, 1.82) is 0 Å². The van der Waals surface area contributed by atoms with Crippen molar-refractivity contribution in [3.63, 3.8) is 0 Å². The lowest BCUT2D eigenvalue weighted by molar-refractivity contribution is 0.870. The van der Waals surface area contributed by atoms with Gasteiger partial charge in [0.2, 0.25) is 5.95 Å². The number of nitrogens with zero attached hydrogens (tertiary/aromatic N) is 5. The van der Waals surface area contributed by atoms with Crippen molar-refractivity contribution >= 4 is 46.0 Å². The summed E-state index contributed by atoms with van der Waals surface area (Å²) >= 11 is 12.5. The molecule has 2 aromatic heterocycles. The lowest BCUT2D eigenvalue weighted by Gasteiger charge is -2.22. The molecule has 4 heterocycles. The third kappa shape index (κ3) is 3.71. The topological polar surface area (TPSA) is 37.2 Å². The van der Waals surface area contributed by atoms with E-state index in [1.807, 2.05) is 24.3 Å². The molecular weight excluding hydrogens is 465 g/mol. The summed E-state index contributed by atoms with van der Waals surface area (Å²) in [5, 5.41) is 2.56. The van der Waals surface area contributed by atoms with Gasteiger partial charge in [0.05, 0.1) is 11.1 Å². The Morgan fingerprint density at radius 2 is 1.21 bits per heavy atom. The number of aryl methyl sites for hydroxylation is 1. The van der Waals surface area contributed by atoms with Crippen LogP contribution in [0, 0.1) is 0 Å². The van der Waals surface area contributed by atoms with E-state index < -0.39 is 0 Å². The van der Waals surface area contributed by atoms with Crippen LogP contribution in [0.1, 0.15) is 25.7 Å². The predicted molar refractivity (Wildman–Crippen MR) is 142 cm³/mol. The molecule has 2 aliphatic heterocycles. The minimum Gasteiger partial charge on any atom is -0.356 e. The summed E-state index contributed by atoms with van der Waals surface area (Å²) in [6.07, 6.45) is 4.77. The molecule has 0 aliphatic carbocycles. The average Bonchev–Trinajstić information content (AvgIpc) is 3.62. The lowest BCUT2D eigenvalue weighted by Crippen LogP contribution is -2.24. The van der Waals surface area contributed by atoms with Crippen molar-refractivity contribution in [1.82, 2.24) is 14.5 Å². The quantitative estimate of drug-likeness (QED) is 0.314. The summed E-state index contributed by atoms with van der Waals surface area (Å²) in [4.78, 5) is 15.1. The van der Waals surface area contributed by atoms with E-state index in [4.69, 9.17) is 33.2 Å². The van der Waals surface area contributed by atoms with Crippen LogP contribution in [0.15, 0.2) is 48.5 Å². The Balaban J connectivity index is 1.69. The Labute approximate surface area is 209 Å². The van der Waals surface area contributed by atoms with Crippen LogP contribution in [0.4, 0.5) is 11.8 Å². The molecule has 0 saturated carbocycles. The minimum absolute atomic E-state index is 0.726. The van der Waals surface area contributed by atoms with Gasteiger partial charge in [-0.05, 0) is 61.1 Å². The van der Waals surface area contributed by atoms with Crippen LogP contribution in [0.5, 0.6) is 0 Å². The summed E-state index contributed by atoms with van der Waals surface area (Å²) in [5.74, 6) is 1.89. The second-order valence-electron chi connectivity index (χ2n) is 9.23. The molecular formula is C27H27Cl2N5. The fourth-order valence-corrected chi connectivity index (χ4v) is 5.60. The van der Waals surface area contributed by atoms with Gasteiger partial charge in [-0.25, -0.2) is 0 Å². The van der Waals surface area contributed by atoms with E-state index in [1.165, 1.54) is 25.7 Å². The lowest BCUT2D eigenvalue weighted by atomic mass is 9.98. The first-order valence-electron chi connectivity index (χ1n) is 12.0. The van der Waals surface area contributed by atoms with Gasteiger partial charge < -0.3 is 14.4 Å². The number of aromatic nitrogens is 3. The number of halogens is 2. The number of benzene rings is 2. The van der Waals surface area contributed by atoms with Crippen LogP contribution in [0.25, 0.3) is 33.4 Å². The molecule has 2 fully saturated rings. The molecule has 4 aromatic rings. The van der Waals surface area contributed by atoms with Gasteiger partial charge in [0.25, 0.3) is 0 Å². The van der Waals surface area contributed by atoms with Gasteiger partial charge in [-0.1, -0.05) is 47.5 Å². The summed E-state index contributed by atoms with van der Waals surface area (Å²) in [6.45, 7) is 4.08. The molecule has 0 radical (unpaired) electrons. The van der Waals surface area contributed by atoms with Crippen molar-refractivity contribution in [2.24, 2.45) is 7.05 Å². The molecule has 2 aliphatic rings. The number of fused-ring (bicyclic) bond motifs is 1. The highest BCUT2D eigenvalue weighted by molar-refractivity contribution is 6.31. The standard InChI is InChI=1S/C27H27Cl2N5/c1-32-24(19-8-12-21(29)13-9-19)22(18-6-10-20(28)11-7-18)23-25(32)30-27(34-16-4-5-17-34)31-26(23)33-14-2-3-15-33/h6-13H,2-5,14-17H2,1H3. The Morgan fingerprint density at radius 3 is 1.79 bits per heavy atom. The number of anilines is 2. The van der Waals surface area contributed by atoms with Gasteiger partial charge in [-0.2, -0.15) is 9.97 Å². The van der Waals surface area contributed by atoms with Crippen LogP contribution < -0.4 is 9.80 Å². The van der Waals surface area contributed by atoms with Crippen molar-refractivity contribution in [3.05, 3.63) is 58.6 Å². The molecule has 0 N–H and O–H groups in total.